The van der Waals surface area contributed by atoms with Crippen molar-refractivity contribution in [3.63, 3.8) is 0 Å². The second kappa shape index (κ2) is 7.14. The maximum absolute atomic E-state index is 12.2. The standard InChI is InChI=1S/C15H18N2O2S/c16-14(18)10-20-13-9-5-4-8-12(13)17-15(19)11-6-2-1-3-7-11/h1-2,4-5,8-9,11H,3,6-7,10H2,(H2,16,18)(H,17,19). The summed E-state index contributed by atoms with van der Waals surface area (Å²) < 4.78 is 0. The number of primary amides is 1. The molecule has 4 nitrogen and oxygen atoms in total. The minimum Gasteiger partial charge on any atom is -0.369 e. The number of benzene rings is 1. The lowest BCUT2D eigenvalue weighted by atomic mass is 9.93. The van der Waals surface area contributed by atoms with Gasteiger partial charge in [0.25, 0.3) is 0 Å². The maximum atomic E-state index is 12.2. The van der Waals surface area contributed by atoms with Crippen LogP contribution in [-0.4, -0.2) is 17.6 Å². The molecule has 1 aromatic rings. The summed E-state index contributed by atoms with van der Waals surface area (Å²) in [6.45, 7) is 0. The van der Waals surface area contributed by atoms with Gasteiger partial charge in [-0.1, -0.05) is 24.3 Å². The highest BCUT2D eigenvalue weighted by molar-refractivity contribution is 8.00. The third kappa shape index (κ3) is 4.13. The lowest BCUT2D eigenvalue weighted by molar-refractivity contribution is -0.120. The molecule has 0 radical (unpaired) electrons. The van der Waals surface area contributed by atoms with Gasteiger partial charge in [-0.05, 0) is 31.4 Å². The molecule has 0 aromatic heterocycles. The first kappa shape index (κ1) is 14.7. The third-order valence-electron chi connectivity index (χ3n) is 3.15. The van der Waals surface area contributed by atoms with Gasteiger partial charge in [0.15, 0.2) is 0 Å². The van der Waals surface area contributed by atoms with Crippen molar-refractivity contribution in [2.45, 2.75) is 24.2 Å². The van der Waals surface area contributed by atoms with Crippen LogP contribution in [0.1, 0.15) is 19.3 Å². The van der Waals surface area contributed by atoms with Gasteiger partial charge in [0.1, 0.15) is 0 Å². The first-order valence-corrected chi connectivity index (χ1v) is 7.61. The highest BCUT2D eigenvalue weighted by Gasteiger charge is 2.19. The number of para-hydroxylation sites is 1. The van der Waals surface area contributed by atoms with Gasteiger partial charge < -0.3 is 11.1 Å². The SMILES string of the molecule is NC(=O)CSc1ccccc1NC(=O)C1CC=CCC1. The molecule has 0 aliphatic heterocycles. The van der Waals surface area contributed by atoms with Crippen molar-refractivity contribution in [1.29, 1.82) is 0 Å². The number of nitrogens with two attached hydrogens (primary N) is 1. The molecule has 20 heavy (non-hydrogen) atoms. The highest BCUT2D eigenvalue weighted by Crippen LogP contribution is 2.28. The Bertz CT molecular complexity index is 528. The van der Waals surface area contributed by atoms with Gasteiger partial charge in [-0.2, -0.15) is 0 Å². The molecule has 0 saturated carbocycles. The highest BCUT2D eigenvalue weighted by atomic mass is 32.2. The van der Waals surface area contributed by atoms with E-state index in [1.807, 2.05) is 24.3 Å². The summed E-state index contributed by atoms with van der Waals surface area (Å²) >= 11 is 1.34. The fourth-order valence-electron chi connectivity index (χ4n) is 2.11. The van der Waals surface area contributed by atoms with E-state index in [0.29, 0.717) is 0 Å². The molecule has 2 rings (SSSR count). The van der Waals surface area contributed by atoms with Crippen molar-refractivity contribution >= 4 is 29.3 Å². The molecule has 3 N–H and O–H groups in total. The number of carbonyl (C=O) groups excluding carboxylic acids is 2. The van der Waals surface area contributed by atoms with Gasteiger partial charge in [0, 0.05) is 10.8 Å². The Morgan fingerprint density at radius 2 is 2.10 bits per heavy atom. The van der Waals surface area contributed by atoms with E-state index in [2.05, 4.69) is 17.5 Å². The zero-order chi connectivity index (χ0) is 14.4. The Kier molecular flexibility index (Phi) is 5.24. The second-order valence-corrected chi connectivity index (χ2v) is 5.74. The molecule has 1 aromatic carbocycles. The fraction of sp³-hybridized carbons (Fsp3) is 0.333. The van der Waals surface area contributed by atoms with Crippen molar-refractivity contribution in [2.75, 3.05) is 11.1 Å². The van der Waals surface area contributed by atoms with E-state index in [-0.39, 0.29) is 23.5 Å². The molecule has 0 fully saturated rings. The Hall–Kier alpha value is -1.75. The molecule has 1 aliphatic carbocycles. The normalized spacial score (nSPS) is 17.7. The predicted molar refractivity (Wildman–Crippen MR) is 81.5 cm³/mol. The van der Waals surface area contributed by atoms with Crippen molar-refractivity contribution in [3.05, 3.63) is 36.4 Å². The number of rotatable bonds is 5. The summed E-state index contributed by atoms with van der Waals surface area (Å²) in [5.74, 6) is -0.0804. The molecule has 106 valence electrons. The van der Waals surface area contributed by atoms with Crippen LogP contribution in [0.25, 0.3) is 0 Å². The van der Waals surface area contributed by atoms with Gasteiger partial charge in [0.05, 0.1) is 11.4 Å². The van der Waals surface area contributed by atoms with E-state index in [4.69, 9.17) is 5.73 Å². The summed E-state index contributed by atoms with van der Waals surface area (Å²) in [7, 11) is 0. The minimum absolute atomic E-state index is 0.0363. The third-order valence-corrected chi connectivity index (χ3v) is 4.25. The average molecular weight is 290 g/mol. The van der Waals surface area contributed by atoms with Crippen LogP contribution in [0.2, 0.25) is 0 Å². The summed E-state index contributed by atoms with van der Waals surface area (Å²) in [5.41, 5.74) is 5.90. The molecule has 0 saturated heterocycles. The summed E-state index contributed by atoms with van der Waals surface area (Å²) in [6, 6.07) is 7.47. The summed E-state index contributed by atoms with van der Waals surface area (Å²) in [5, 5.41) is 2.96. The van der Waals surface area contributed by atoms with E-state index >= 15 is 0 Å². The van der Waals surface area contributed by atoms with Crippen LogP contribution < -0.4 is 11.1 Å². The van der Waals surface area contributed by atoms with Crippen molar-refractivity contribution < 1.29 is 9.59 Å². The van der Waals surface area contributed by atoms with E-state index in [0.717, 1.165) is 29.8 Å². The summed E-state index contributed by atoms with van der Waals surface area (Å²) in [6.07, 6.45) is 6.81. The molecule has 1 aliphatic rings. The zero-order valence-electron chi connectivity index (χ0n) is 11.2. The predicted octanol–water partition coefficient (Wildman–Crippen LogP) is 2.56. The van der Waals surface area contributed by atoms with Gasteiger partial charge in [-0.15, -0.1) is 11.8 Å². The Balaban J connectivity index is 2.02. The van der Waals surface area contributed by atoms with Crippen molar-refractivity contribution in [2.24, 2.45) is 11.7 Å². The smallest absolute Gasteiger partial charge is 0.227 e. The number of nitrogens with one attached hydrogen (secondary N) is 1. The number of carbonyl (C=O) groups is 2. The van der Waals surface area contributed by atoms with Crippen LogP contribution >= 0.6 is 11.8 Å². The molecule has 1 unspecified atom stereocenters. The Labute approximate surface area is 122 Å². The van der Waals surface area contributed by atoms with Crippen LogP contribution in [0.4, 0.5) is 5.69 Å². The number of amides is 2. The zero-order valence-corrected chi connectivity index (χ0v) is 12.0. The molecule has 0 spiro atoms. The number of anilines is 1. The first-order chi connectivity index (χ1) is 9.66. The van der Waals surface area contributed by atoms with Crippen LogP contribution in [0, 0.1) is 5.92 Å². The number of allylic oxidation sites excluding steroid dienone is 2. The topological polar surface area (TPSA) is 72.2 Å². The maximum Gasteiger partial charge on any atom is 0.227 e. The average Bonchev–Trinajstić information content (AvgIpc) is 2.47. The van der Waals surface area contributed by atoms with Gasteiger partial charge in [0.2, 0.25) is 11.8 Å². The van der Waals surface area contributed by atoms with Gasteiger partial charge in [-0.25, -0.2) is 0 Å². The van der Waals surface area contributed by atoms with Crippen LogP contribution in [0.15, 0.2) is 41.3 Å². The van der Waals surface area contributed by atoms with E-state index < -0.39 is 0 Å². The van der Waals surface area contributed by atoms with E-state index in [9.17, 15) is 9.59 Å². The number of thioether (sulfide) groups is 1. The minimum atomic E-state index is -0.367. The molecule has 0 bridgehead atoms. The molecular formula is C15H18N2O2S. The number of hydrogen-bond donors (Lipinski definition) is 2. The van der Waals surface area contributed by atoms with E-state index in [1.54, 1.807) is 0 Å². The van der Waals surface area contributed by atoms with Crippen LogP contribution in [0.5, 0.6) is 0 Å². The molecule has 5 heteroatoms. The Morgan fingerprint density at radius 1 is 1.30 bits per heavy atom. The largest absolute Gasteiger partial charge is 0.369 e. The molecule has 1 atom stereocenters. The first-order valence-electron chi connectivity index (χ1n) is 6.63. The molecule has 2 amide bonds. The van der Waals surface area contributed by atoms with Crippen molar-refractivity contribution in [3.8, 4) is 0 Å². The quantitative estimate of drug-likeness (QED) is 0.646. The molecular weight excluding hydrogens is 272 g/mol. The molecule has 0 heterocycles. The number of hydrogen-bond acceptors (Lipinski definition) is 3. The van der Waals surface area contributed by atoms with Gasteiger partial charge in [-0.3, -0.25) is 9.59 Å². The second-order valence-electron chi connectivity index (χ2n) is 4.72. The van der Waals surface area contributed by atoms with Crippen molar-refractivity contribution in [1.82, 2.24) is 0 Å². The van der Waals surface area contributed by atoms with Gasteiger partial charge >= 0.3 is 0 Å². The Morgan fingerprint density at radius 3 is 2.80 bits per heavy atom. The van der Waals surface area contributed by atoms with Crippen LogP contribution in [-0.2, 0) is 9.59 Å². The lowest BCUT2D eigenvalue weighted by Gasteiger charge is -2.18. The fourth-order valence-corrected chi connectivity index (χ4v) is 2.86. The lowest BCUT2D eigenvalue weighted by Crippen LogP contribution is -2.23. The van der Waals surface area contributed by atoms with E-state index in [1.165, 1.54) is 11.8 Å². The van der Waals surface area contributed by atoms with Crippen LogP contribution in [0.3, 0.4) is 0 Å². The monoisotopic (exact) mass is 290 g/mol. The summed E-state index contributed by atoms with van der Waals surface area (Å²) in [4.78, 5) is 23.9.